The molecule has 4 nitrogen and oxygen atoms in total. The lowest BCUT2D eigenvalue weighted by molar-refractivity contribution is 0.245. The Bertz CT molecular complexity index is 595. The van der Waals surface area contributed by atoms with Gasteiger partial charge >= 0.3 is 0 Å². The third-order valence-electron chi connectivity index (χ3n) is 3.97. The van der Waals surface area contributed by atoms with Crippen molar-refractivity contribution in [1.82, 2.24) is 0 Å². The van der Waals surface area contributed by atoms with E-state index in [9.17, 15) is 9.13 Å². The van der Waals surface area contributed by atoms with Gasteiger partial charge in [0.25, 0.3) is 0 Å². The molecule has 0 bridgehead atoms. The first-order valence-electron chi connectivity index (χ1n) is 9.80. The molecule has 0 radical (unpaired) electrons. The van der Waals surface area contributed by atoms with Crippen LogP contribution in [0.3, 0.4) is 0 Å². The molecule has 0 N–H and O–H groups in total. The topological polar surface area (TPSA) is 52.6 Å². The fourth-order valence-electron chi connectivity index (χ4n) is 3.10. The van der Waals surface area contributed by atoms with Crippen LogP contribution in [-0.4, -0.2) is 50.2 Å². The summed E-state index contributed by atoms with van der Waals surface area (Å²) in [7, 11) is -5.39. The molecule has 2 atom stereocenters. The Morgan fingerprint density at radius 1 is 0.815 bits per heavy atom. The van der Waals surface area contributed by atoms with E-state index in [0.29, 0.717) is 12.3 Å². The summed E-state index contributed by atoms with van der Waals surface area (Å²) in [5, 5.41) is 1.36. The first-order chi connectivity index (χ1) is 12.5. The van der Waals surface area contributed by atoms with Crippen molar-refractivity contribution in [3.8, 4) is 0 Å². The van der Waals surface area contributed by atoms with Crippen molar-refractivity contribution in [2.75, 3.05) is 38.0 Å². The van der Waals surface area contributed by atoms with Crippen LogP contribution in [0, 0.1) is 0 Å². The van der Waals surface area contributed by atoms with Gasteiger partial charge in [0.05, 0.1) is 12.2 Å². The Hall–Kier alpha value is 0.0300. The standard InChI is InChI=1S/C20H37O4P3/c1-18(2)23-26(5,21)16-10-14-25(20-12-8-7-9-13-20)15-11-17-27(6,22)24-19(3)4/h7-9,12-13,18-19H,10-11,14-17H2,1-6H3. The van der Waals surface area contributed by atoms with Crippen molar-refractivity contribution in [2.24, 2.45) is 0 Å². The molecule has 156 valence electrons. The molecule has 7 heteroatoms. The largest absolute Gasteiger partial charge is 0.326 e. The van der Waals surface area contributed by atoms with Gasteiger partial charge in [0, 0.05) is 25.7 Å². The van der Waals surface area contributed by atoms with Crippen LogP contribution in [0.1, 0.15) is 40.5 Å². The van der Waals surface area contributed by atoms with Crippen molar-refractivity contribution in [3.05, 3.63) is 30.3 Å². The average molecular weight is 434 g/mol. The normalized spacial score (nSPS) is 17.6. The third kappa shape index (κ3) is 11.6. The van der Waals surface area contributed by atoms with Crippen LogP contribution in [-0.2, 0) is 18.2 Å². The molecule has 0 amide bonds. The lowest BCUT2D eigenvalue weighted by Crippen LogP contribution is -2.10. The number of hydrogen-bond acceptors (Lipinski definition) is 4. The maximum atomic E-state index is 12.5. The molecule has 1 aromatic rings. The highest BCUT2D eigenvalue weighted by Gasteiger charge is 2.21. The molecule has 2 unspecified atom stereocenters. The molecule has 0 spiro atoms. The van der Waals surface area contributed by atoms with E-state index in [-0.39, 0.29) is 20.1 Å². The molecule has 0 heterocycles. The second-order valence-corrected chi connectivity index (χ2v) is 15.7. The average Bonchev–Trinajstić information content (AvgIpc) is 2.51. The summed E-state index contributed by atoms with van der Waals surface area (Å²) in [5.74, 6) is 0. The van der Waals surface area contributed by atoms with Crippen molar-refractivity contribution in [2.45, 2.75) is 52.7 Å². The smallest absolute Gasteiger partial charge is 0.200 e. The monoisotopic (exact) mass is 434 g/mol. The van der Waals surface area contributed by atoms with Gasteiger partial charge in [-0.15, -0.1) is 0 Å². The molecule has 0 saturated heterocycles. The predicted molar refractivity (Wildman–Crippen MR) is 121 cm³/mol. The number of hydrogen-bond donors (Lipinski definition) is 0. The van der Waals surface area contributed by atoms with Crippen LogP contribution in [0.15, 0.2) is 30.3 Å². The molecule has 0 fully saturated rings. The molecule has 27 heavy (non-hydrogen) atoms. The minimum atomic E-state index is -2.52. The van der Waals surface area contributed by atoms with Gasteiger partial charge in [-0.05, 0) is 58.2 Å². The van der Waals surface area contributed by atoms with Crippen molar-refractivity contribution in [3.63, 3.8) is 0 Å². The van der Waals surface area contributed by atoms with Crippen LogP contribution >= 0.6 is 22.7 Å². The van der Waals surface area contributed by atoms with E-state index < -0.39 is 14.7 Å². The second-order valence-electron chi connectivity index (χ2n) is 7.81. The predicted octanol–water partition coefficient (Wildman–Crippen LogP) is 6.24. The van der Waals surface area contributed by atoms with E-state index in [4.69, 9.17) is 9.05 Å². The second kappa shape index (κ2) is 11.9. The summed E-state index contributed by atoms with van der Waals surface area (Å²) in [6, 6.07) is 10.5. The zero-order valence-corrected chi connectivity index (χ0v) is 20.4. The van der Waals surface area contributed by atoms with Gasteiger partial charge in [0.15, 0.2) is 14.7 Å². The van der Waals surface area contributed by atoms with Crippen LogP contribution in [0.2, 0.25) is 0 Å². The third-order valence-corrected chi connectivity index (χ3v) is 10.7. The zero-order valence-electron chi connectivity index (χ0n) is 17.8. The summed E-state index contributed by atoms with van der Waals surface area (Å²) >= 11 is 0. The fourth-order valence-corrected chi connectivity index (χ4v) is 9.48. The Balaban J connectivity index is 2.62. The SMILES string of the molecule is CC(C)OP(C)(=O)CCCP(CCCP(C)(=O)OC(C)C)c1ccccc1. The highest BCUT2D eigenvalue weighted by Crippen LogP contribution is 2.48. The molecule has 0 aliphatic rings. The maximum Gasteiger partial charge on any atom is 0.200 e. The van der Waals surface area contributed by atoms with Crippen LogP contribution in [0.4, 0.5) is 0 Å². The fraction of sp³-hybridized carbons (Fsp3) is 0.700. The minimum Gasteiger partial charge on any atom is -0.326 e. The van der Waals surface area contributed by atoms with E-state index in [1.54, 1.807) is 13.3 Å². The highest BCUT2D eigenvalue weighted by molar-refractivity contribution is 7.65. The first kappa shape index (κ1) is 25.1. The van der Waals surface area contributed by atoms with Gasteiger partial charge in [0.1, 0.15) is 0 Å². The molecule has 1 rings (SSSR count). The van der Waals surface area contributed by atoms with E-state index >= 15 is 0 Å². The van der Waals surface area contributed by atoms with Gasteiger partial charge < -0.3 is 9.05 Å². The van der Waals surface area contributed by atoms with Crippen molar-refractivity contribution < 1.29 is 18.2 Å². The molecular weight excluding hydrogens is 397 g/mol. The van der Waals surface area contributed by atoms with Gasteiger partial charge in [-0.1, -0.05) is 38.3 Å². The van der Waals surface area contributed by atoms with E-state index in [1.807, 2.05) is 33.8 Å². The van der Waals surface area contributed by atoms with E-state index in [0.717, 1.165) is 25.2 Å². The van der Waals surface area contributed by atoms with Crippen LogP contribution in [0.5, 0.6) is 0 Å². The van der Waals surface area contributed by atoms with Gasteiger partial charge in [-0.3, -0.25) is 9.13 Å². The Kier molecular flexibility index (Phi) is 11.0. The molecule has 0 aromatic heterocycles. The summed E-state index contributed by atoms with van der Waals surface area (Å²) in [4.78, 5) is 0. The van der Waals surface area contributed by atoms with Crippen molar-refractivity contribution in [1.29, 1.82) is 0 Å². The summed E-state index contributed by atoms with van der Waals surface area (Å²) in [6.07, 6.45) is 5.09. The lowest BCUT2D eigenvalue weighted by atomic mass is 10.4. The van der Waals surface area contributed by atoms with Crippen LogP contribution < -0.4 is 5.30 Å². The molecule has 1 aromatic carbocycles. The van der Waals surface area contributed by atoms with Gasteiger partial charge in [-0.25, -0.2) is 0 Å². The minimum absolute atomic E-state index is 0.00359. The van der Waals surface area contributed by atoms with E-state index in [2.05, 4.69) is 24.3 Å². The Morgan fingerprint density at radius 3 is 1.59 bits per heavy atom. The number of benzene rings is 1. The maximum absolute atomic E-state index is 12.5. The molecule has 0 aliphatic heterocycles. The summed E-state index contributed by atoms with van der Waals surface area (Å²) < 4.78 is 36.2. The Morgan fingerprint density at radius 2 is 1.22 bits per heavy atom. The summed E-state index contributed by atoms with van der Waals surface area (Å²) in [6.45, 7) is 11.2. The molecule has 0 aliphatic carbocycles. The van der Waals surface area contributed by atoms with Gasteiger partial charge in [0.2, 0.25) is 0 Å². The van der Waals surface area contributed by atoms with Gasteiger partial charge in [-0.2, -0.15) is 0 Å². The quantitative estimate of drug-likeness (QED) is 0.345. The molecular formula is C20H37O4P3. The van der Waals surface area contributed by atoms with Crippen LogP contribution in [0.25, 0.3) is 0 Å². The first-order valence-corrected chi connectivity index (χ1v) is 16.0. The Labute approximate surface area is 167 Å². The van der Waals surface area contributed by atoms with E-state index in [1.165, 1.54) is 5.30 Å². The van der Waals surface area contributed by atoms with Crippen molar-refractivity contribution >= 4 is 28.0 Å². The summed E-state index contributed by atoms with van der Waals surface area (Å²) in [5.41, 5.74) is 0. The zero-order chi connectivity index (χ0) is 20.5. The highest BCUT2D eigenvalue weighted by atomic mass is 31.2. The molecule has 0 saturated carbocycles. The lowest BCUT2D eigenvalue weighted by Gasteiger charge is -2.22. The number of rotatable bonds is 13.